The monoisotopic (exact) mass is 267 g/mol. The van der Waals surface area contributed by atoms with Gasteiger partial charge in [-0.1, -0.05) is 36.4 Å². The van der Waals surface area contributed by atoms with E-state index < -0.39 is 5.97 Å². The van der Waals surface area contributed by atoms with Crippen molar-refractivity contribution in [3.05, 3.63) is 71.3 Å². The van der Waals surface area contributed by atoms with Gasteiger partial charge in [-0.15, -0.1) is 0 Å². The van der Waals surface area contributed by atoms with Gasteiger partial charge in [-0.05, 0) is 29.8 Å². The average molecular weight is 267 g/mol. The van der Waals surface area contributed by atoms with Crippen LogP contribution in [0, 0.1) is 0 Å². The lowest BCUT2D eigenvalue weighted by molar-refractivity contribution is 0.0696. The number of hydrogen-bond donors (Lipinski definition) is 2. The van der Waals surface area contributed by atoms with Gasteiger partial charge in [0, 0.05) is 11.3 Å². The molecule has 0 heterocycles. The Kier molecular flexibility index (Phi) is 3.96. The summed E-state index contributed by atoms with van der Waals surface area (Å²) in [7, 11) is 0. The molecule has 0 saturated carbocycles. The molecule has 0 spiro atoms. The molecule has 0 unspecified atom stereocenters. The summed E-state index contributed by atoms with van der Waals surface area (Å²) in [5.74, 6) is -1.29. The van der Waals surface area contributed by atoms with Crippen LogP contribution in [-0.2, 0) is 0 Å². The number of ketones is 1. The van der Waals surface area contributed by atoms with E-state index >= 15 is 0 Å². The summed E-state index contributed by atoms with van der Waals surface area (Å²) in [5.41, 5.74) is 7.14. The second-order valence-corrected chi connectivity index (χ2v) is 4.18. The molecule has 0 aromatic heterocycles. The van der Waals surface area contributed by atoms with Crippen LogP contribution in [0.15, 0.2) is 54.6 Å². The fourth-order valence-electron chi connectivity index (χ4n) is 1.81. The number of allylic oxidation sites excluding steroid dienone is 1. The van der Waals surface area contributed by atoms with Gasteiger partial charge in [-0.2, -0.15) is 0 Å². The number of nitrogen functional groups attached to an aromatic ring is 1. The van der Waals surface area contributed by atoms with Crippen molar-refractivity contribution in [1.29, 1.82) is 0 Å². The van der Waals surface area contributed by atoms with Crippen molar-refractivity contribution in [1.82, 2.24) is 0 Å². The van der Waals surface area contributed by atoms with Crippen molar-refractivity contribution in [2.45, 2.75) is 0 Å². The number of anilines is 1. The van der Waals surface area contributed by atoms with Gasteiger partial charge in [0.05, 0.1) is 5.56 Å². The number of carboxylic acids is 1. The van der Waals surface area contributed by atoms with Crippen molar-refractivity contribution >= 4 is 23.5 Å². The highest BCUT2D eigenvalue weighted by atomic mass is 16.4. The summed E-state index contributed by atoms with van der Waals surface area (Å²) in [6.07, 6.45) is 2.81. The van der Waals surface area contributed by atoms with Crippen LogP contribution in [0.25, 0.3) is 6.08 Å². The molecule has 0 aliphatic rings. The molecule has 0 radical (unpaired) electrons. The van der Waals surface area contributed by atoms with Gasteiger partial charge in [-0.25, -0.2) is 4.79 Å². The van der Waals surface area contributed by atoms with Gasteiger partial charge in [0.1, 0.15) is 0 Å². The molecule has 2 rings (SSSR count). The minimum absolute atomic E-state index is 0.151. The van der Waals surface area contributed by atoms with Crippen LogP contribution in [-0.4, -0.2) is 16.9 Å². The Morgan fingerprint density at radius 1 is 0.950 bits per heavy atom. The van der Waals surface area contributed by atoms with E-state index in [4.69, 9.17) is 10.8 Å². The van der Waals surface area contributed by atoms with E-state index in [9.17, 15) is 9.59 Å². The molecule has 0 fully saturated rings. The highest BCUT2D eigenvalue weighted by Crippen LogP contribution is 2.14. The standard InChI is InChI=1S/C16H13NO3/c17-14-8-4-3-7-13(14)15(18)10-9-11-5-1-2-6-12(11)16(19)20/h1-10H,17H2,(H,19,20)/b10-9+. The molecule has 100 valence electrons. The number of rotatable bonds is 4. The lowest BCUT2D eigenvalue weighted by atomic mass is 10.0. The Bertz CT molecular complexity index is 690. The van der Waals surface area contributed by atoms with Crippen LogP contribution < -0.4 is 5.73 Å². The van der Waals surface area contributed by atoms with Crippen molar-refractivity contribution in [2.24, 2.45) is 0 Å². The van der Waals surface area contributed by atoms with Crippen molar-refractivity contribution in [3.8, 4) is 0 Å². The zero-order chi connectivity index (χ0) is 14.5. The number of hydrogen-bond acceptors (Lipinski definition) is 3. The van der Waals surface area contributed by atoms with Crippen LogP contribution in [0.4, 0.5) is 5.69 Å². The average Bonchev–Trinajstić information content (AvgIpc) is 2.45. The molecule has 2 aromatic rings. The zero-order valence-corrected chi connectivity index (χ0v) is 10.6. The highest BCUT2D eigenvalue weighted by Gasteiger charge is 2.08. The molecule has 0 atom stereocenters. The number of nitrogens with two attached hydrogens (primary N) is 1. The lowest BCUT2D eigenvalue weighted by Crippen LogP contribution is -2.01. The van der Waals surface area contributed by atoms with E-state index in [1.807, 2.05) is 0 Å². The van der Waals surface area contributed by atoms with E-state index in [2.05, 4.69) is 0 Å². The minimum Gasteiger partial charge on any atom is -0.478 e. The highest BCUT2D eigenvalue weighted by molar-refractivity contribution is 6.10. The molecule has 20 heavy (non-hydrogen) atoms. The van der Waals surface area contributed by atoms with E-state index in [0.29, 0.717) is 16.8 Å². The molecule has 0 bridgehead atoms. The summed E-state index contributed by atoms with van der Waals surface area (Å²) in [6.45, 7) is 0. The Hall–Kier alpha value is -2.88. The second kappa shape index (κ2) is 5.84. The van der Waals surface area contributed by atoms with E-state index in [1.54, 1.807) is 42.5 Å². The third kappa shape index (κ3) is 2.92. The van der Waals surface area contributed by atoms with Crippen LogP contribution in [0.2, 0.25) is 0 Å². The molecular formula is C16H13NO3. The fraction of sp³-hybridized carbons (Fsp3) is 0. The van der Waals surface area contributed by atoms with Gasteiger partial charge < -0.3 is 10.8 Å². The number of benzene rings is 2. The van der Waals surface area contributed by atoms with Crippen LogP contribution in [0.1, 0.15) is 26.3 Å². The molecule has 0 aliphatic carbocycles. The number of para-hydroxylation sites is 1. The van der Waals surface area contributed by atoms with Gasteiger partial charge in [0.15, 0.2) is 5.78 Å². The summed E-state index contributed by atoms with van der Waals surface area (Å²) in [4.78, 5) is 23.1. The van der Waals surface area contributed by atoms with Crippen molar-refractivity contribution in [2.75, 3.05) is 5.73 Å². The smallest absolute Gasteiger partial charge is 0.336 e. The van der Waals surface area contributed by atoms with Crippen LogP contribution >= 0.6 is 0 Å². The molecule has 3 N–H and O–H groups in total. The maximum Gasteiger partial charge on any atom is 0.336 e. The zero-order valence-electron chi connectivity index (χ0n) is 10.6. The first-order chi connectivity index (χ1) is 9.59. The largest absolute Gasteiger partial charge is 0.478 e. The quantitative estimate of drug-likeness (QED) is 0.507. The molecule has 0 amide bonds. The summed E-state index contributed by atoms with van der Waals surface area (Å²) in [5, 5.41) is 9.05. The first-order valence-electron chi connectivity index (χ1n) is 5.99. The summed E-state index contributed by atoms with van der Waals surface area (Å²) in [6, 6.07) is 13.2. The summed E-state index contributed by atoms with van der Waals surface area (Å²) >= 11 is 0. The number of carboxylic acid groups (broad SMARTS) is 1. The Morgan fingerprint density at radius 2 is 1.55 bits per heavy atom. The molecular weight excluding hydrogens is 254 g/mol. The van der Waals surface area contributed by atoms with Gasteiger partial charge in [0.2, 0.25) is 0 Å². The predicted octanol–water partition coefficient (Wildman–Crippen LogP) is 2.86. The lowest BCUT2D eigenvalue weighted by Gasteiger charge is -2.02. The van der Waals surface area contributed by atoms with Gasteiger partial charge in [0.25, 0.3) is 0 Å². The van der Waals surface area contributed by atoms with Gasteiger partial charge in [-0.3, -0.25) is 4.79 Å². The minimum atomic E-state index is -1.03. The second-order valence-electron chi connectivity index (χ2n) is 4.18. The Morgan fingerprint density at radius 3 is 2.20 bits per heavy atom. The first kappa shape index (κ1) is 13.5. The predicted molar refractivity (Wildman–Crippen MR) is 77.6 cm³/mol. The molecule has 4 nitrogen and oxygen atoms in total. The van der Waals surface area contributed by atoms with Crippen molar-refractivity contribution < 1.29 is 14.7 Å². The number of aromatic carboxylic acids is 1. The first-order valence-corrected chi connectivity index (χ1v) is 5.99. The van der Waals surface area contributed by atoms with Crippen LogP contribution in [0.3, 0.4) is 0 Å². The molecule has 4 heteroatoms. The number of carbonyl (C=O) groups excluding carboxylic acids is 1. The number of carbonyl (C=O) groups is 2. The third-order valence-corrected chi connectivity index (χ3v) is 2.83. The van der Waals surface area contributed by atoms with Crippen molar-refractivity contribution in [3.63, 3.8) is 0 Å². The van der Waals surface area contributed by atoms with Crippen LogP contribution in [0.5, 0.6) is 0 Å². The van der Waals surface area contributed by atoms with Gasteiger partial charge >= 0.3 is 5.97 Å². The molecule has 0 saturated heterocycles. The Labute approximate surface area is 116 Å². The normalized spacial score (nSPS) is 10.6. The van der Waals surface area contributed by atoms with E-state index in [0.717, 1.165) is 0 Å². The third-order valence-electron chi connectivity index (χ3n) is 2.83. The maximum atomic E-state index is 12.0. The fourth-order valence-corrected chi connectivity index (χ4v) is 1.81. The molecule has 0 aliphatic heterocycles. The SMILES string of the molecule is Nc1ccccc1C(=O)/C=C/c1ccccc1C(=O)O. The van der Waals surface area contributed by atoms with E-state index in [-0.39, 0.29) is 11.3 Å². The maximum absolute atomic E-state index is 12.0. The molecule has 2 aromatic carbocycles. The van der Waals surface area contributed by atoms with E-state index in [1.165, 1.54) is 18.2 Å². The topological polar surface area (TPSA) is 80.4 Å². The Balaban J connectivity index is 2.29. The summed E-state index contributed by atoms with van der Waals surface area (Å²) < 4.78 is 0.